The zero-order valence-electron chi connectivity index (χ0n) is 13.9. The lowest BCUT2D eigenvalue weighted by atomic mass is 10.1. The SMILES string of the molecule is Cc1ccc(-c2noc(CCC(=O)NC(C)(C)CN)n2)cc1F.Cl. The van der Waals surface area contributed by atoms with Crippen molar-refractivity contribution in [1.29, 1.82) is 0 Å². The lowest BCUT2D eigenvalue weighted by molar-refractivity contribution is -0.122. The van der Waals surface area contributed by atoms with Crippen LogP contribution in [0.5, 0.6) is 0 Å². The van der Waals surface area contributed by atoms with Gasteiger partial charge in [-0.2, -0.15) is 4.98 Å². The molecule has 2 aromatic rings. The summed E-state index contributed by atoms with van der Waals surface area (Å²) in [6, 6.07) is 4.74. The van der Waals surface area contributed by atoms with Crippen LogP contribution >= 0.6 is 12.4 Å². The van der Waals surface area contributed by atoms with Crippen molar-refractivity contribution in [2.24, 2.45) is 5.73 Å². The number of nitrogens with one attached hydrogen (secondary N) is 1. The van der Waals surface area contributed by atoms with Crippen molar-refractivity contribution >= 4 is 18.3 Å². The summed E-state index contributed by atoms with van der Waals surface area (Å²) in [6.45, 7) is 5.73. The summed E-state index contributed by atoms with van der Waals surface area (Å²) < 4.78 is 18.7. The standard InChI is InChI=1S/C16H21FN4O2.ClH/c1-10-4-5-11(8-12(10)17)15-19-14(23-21-15)7-6-13(22)20-16(2,3)9-18;/h4-5,8H,6-7,9,18H2,1-3H3,(H,20,22);1H. The van der Waals surface area contributed by atoms with Crippen LogP contribution in [-0.4, -0.2) is 28.1 Å². The van der Waals surface area contributed by atoms with E-state index in [-0.39, 0.29) is 30.6 Å². The zero-order valence-corrected chi connectivity index (χ0v) is 14.7. The van der Waals surface area contributed by atoms with E-state index in [4.69, 9.17) is 10.3 Å². The van der Waals surface area contributed by atoms with Crippen LogP contribution in [0.1, 0.15) is 31.7 Å². The fourth-order valence-electron chi connectivity index (χ4n) is 1.92. The van der Waals surface area contributed by atoms with E-state index in [9.17, 15) is 9.18 Å². The number of nitrogens with zero attached hydrogens (tertiary/aromatic N) is 2. The molecule has 0 aliphatic heterocycles. The number of nitrogens with two attached hydrogens (primary N) is 1. The molecular weight excluding hydrogens is 335 g/mol. The zero-order chi connectivity index (χ0) is 17.0. The highest BCUT2D eigenvalue weighted by Gasteiger charge is 2.19. The second-order valence-electron chi connectivity index (χ2n) is 6.11. The smallest absolute Gasteiger partial charge is 0.227 e. The van der Waals surface area contributed by atoms with E-state index in [1.54, 1.807) is 19.1 Å². The summed E-state index contributed by atoms with van der Waals surface area (Å²) in [7, 11) is 0. The largest absolute Gasteiger partial charge is 0.350 e. The molecule has 1 heterocycles. The molecule has 0 fully saturated rings. The van der Waals surface area contributed by atoms with Gasteiger partial charge in [0.2, 0.25) is 17.6 Å². The lowest BCUT2D eigenvalue weighted by Crippen LogP contribution is -2.48. The van der Waals surface area contributed by atoms with E-state index in [2.05, 4.69) is 15.5 Å². The van der Waals surface area contributed by atoms with Gasteiger partial charge in [-0.25, -0.2) is 4.39 Å². The summed E-state index contributed by atoms with van der Waals surface area (Å²) in [5.74, 6) is 0.183. The van der Waals surface area contributed by atoms with Crippen molar-refractivity contribution in [3.8, 4) is 11.4 Å². The van der Waals surface area contributed by atoms with Crippen molar-refractivity contribution in [2.45, 2.75) is 39.2 Å². The Hall–Kier alpha value is -1.99. The van der Waals surface area contributed by atoms with Gasteiger partial charge >= 0.3 is 0 Å². The molecule has 0 aliphatic carbocycles. The summed E-state index contributed by atoms with van der Waals surface area (Å²) in [5, 5.41) is 6.65. The average Bonchev–Trinajstić information content (AvgIpc) is 2.96. The predicted octanol–water partition coefficient (Wildman–Crippen LogP) is 2.39. The van der Waals surface area contributed by atoms with Gasteiger partial charge in [-0.05, 0) is 32.4 Å². The molecule has 0 aliphatic rings. The monoisotopic (exact) mass is 356 g/mol. The highest BCUT2D eigenvalue weighted by Crippen LogP contribution is 2.19. The first-order chi connectivity index (χ1) is 10.8. The molecule has 24 heavy (non-hydrogen) atoms. The minimum absolute atomic E-state index is 0. The van der Waals surface area contributed by atoms with Crippen molar-refractivity contribution in [1.82, 2.24) is 15.5 Å². The van der Waals surface area contributed by atoms with Crippen LogP contribution in [-0.2, 0) is 11.2 Å². The summed E-state index contributed by atoms with van der Waals surface area (Å²) in [4.78, 5) is 16.0. The van der Waals surface area contributed by atoms with E-state index in [0.29, 0.717) is 35.8 Å². The molecule has 3 N–H and O–H groups in total. The number of aromatic nitrogens is 2. The maximum atomic E-state index is 13.6. The third-order valence-electron chi connectivity index (χ3n) is 3.45. The van der Waals surface area contributed by atoms with Crippen molar-refractivity contribution in [2.75, 3.05) is 6.54 Å². The van der Waals surface area contributed by atoms with Gasteiger partial charge in [0.05, 0.1) is 0 Å². The molecule has 6 nitrogen and oxygen atoms in total. The Bertz CT molecular complexity index is 703. The number of amides is 1. The topological polar surface area (TPSA) is 94.0 Å². The molecule has 0 unspecified atom stereocenters. The van der Waals surface area contributed by atoms with Crippen LogP contribution in [0.15, 0.2) is 22.7 Å². The Morgan fingerprint density at radius 2 is 2.12 bits per heavy atom. The molecule has 0 saturated carbocycles. The molecule has 0 bridgehead atoms. The van der Waals surface area contributed by atoms with Gasteiger partial charge in [-0.15, -0.1) is 12.4 Å². The number of rotatable bonds is 6. The average molecular weight is 357 g/mol. The Balaban J connectivity index is 0.00000288. The Morgan fingerprint density at radius 3 is 2.75 bits per heavy atom. The maximum absolute atomic E-state index is 13.6. The first-order valence-corrected chi connectivity index (χ1v) is 7.41. The number of halogens is 2. The quantitative estimate of drug-likeness (QED) is 0.828. The third kappa shape index (κ3) is 5.28. The Morgan fingerprint density at radius 1 is 1.42 bits per heavy atom. The number of hydrogen-bond acceptors (Lipinski definition) is 5. The van der Waals surface area contributed by atoms with E-state index in [1.165, 1.54) is 6.07 Å². The number of carbonyl (C=O) groups excluding carboxylic acids is 1. The van der Waals surface area contributed by atoms with Gasteiger partial charge in [-0.3, -0.25) is 4.79 Å². The van der Waals surface area contributed by atoms with E-state index < -0.39 is 5.54 Å². The van der Waals surface area contributed by atoms with Gasteiger partial charge in [0.1, 0.15) is 5.82 Å². The van der Waals surface area contributed by atoms with Crippen LogP contribution in [0, 0.1) is 12.7 Å². The number of benzene rings is 1. The highest BCUT2D eigenvalue weighted by atomic mass is 35.5. The summed E-state index contributed by atoms with van der Waals surface area (Å²) in [5.41, 5.74) is 6.21. The minimum atomic E-state index is -0.448. The molecule has 132 valence electrons. The molecule has 0 spiro atoms. The third-order valence-corrected chi connectivity index (χ3v) is 3.45. The summed E-state index contributed by atoms with van der Waals surface area (Å²) >= 11 is 0. The van der Waals surface area contributed by atoms with Crippen molar-refractivity contribution in [3.63, 3.8) is 0 Å². The number of hydrogen-bond donors (Lipinski definition) is 2. The number of carbonyl (C=O) groups is 1. The number of aryl methyl sites for hydroxylation is 2. The summed E-state index contributed by atoms with van der Waals surface area (Å²) in [6.07, 6.45) is 0.529. The molecule has 0 saturated heterocycles. The van der Waals surface area contributed by atoms with Gasteiger partial charge in [-0.1, -0.05) is 17.3 Å². The molecular formula is C16H22ClFN4O2. The normalized spacial score (nSPS) is 11.0. The Labute approximate surface area is 146 Å². The highest BCUT2D eigenvalue weighted by molar-refractivity contribution is 5.85. The van der Waals surface area contributed by atoms with Crippen LogP contribution in [0.25, 0.3) is 11.4 Å². The van der Waals surface area contributed by atoms with E-state index in [0.717, 1.165) is 0 Å². The maximum Gasteiger partial charge on any atom is 0.227 e. The second kappa shape index (κ2) is 8.21. The molecule has 2 rings (SSSR count). The fraction of sp³-hybridized carbons (Fsp3) is 0.438. The lowest BCUT2D eigenvalue weighted by Gasteiger charge is -2.23. The molecule has 8 heteroatoms. The van der Waals surface area contributed by atoms with Crippen molar-refractivity contribution < 1.29 is 13.7 Å². The molecule has 1 aromatic carbocycles. The van der Waals surface area contributed by atoms with E-state index >= 15 is 0 Å². The van der Waals surface area contributed by atoms with E-state index in [1.807, 2.05) is 13.8 Å². The van der Waals surface area contributed by atoms with Crippen LogP contribution in [0.3, 0.4) is 0 Å². The van der Waals surface area contributed by atoms with Crippen LogP contribution < -0.4 is 11.1 Å². The van der Waals surface area contributed by atoms with Gasteiger partial charge in [0, 0.05) is 30.5 Å². The van der Waals surface area contributed by atoms with Gasteiger partial charge in [0.25, 0.3) is 0 Å². The van der Waals surface area contributed by atoms with Crippen LogP contribution in [0.4, 0.5) is 4.39 Å². The molecule has 0 radical (unpaired) electrons. The minimum Gasteiger partial charge on any atom is -0.350 e. The Kier molecular flexibility index (Phi) is 6.86. The van der Waals surface area contributed by atoms with Crippen molar-refractivity contribution in [3.05, 3.63) is 35.5 Å². The first-order valence-electron chi connectivity index (χ1n) is 7.41. The van der Waals surface area contributed by atoms with Gasteiger partial charge in [0.15, 0.2) is 0 Å². The molecule has 1 amide bonds. The fourth-order valence-corrected chi connectivity index (χ4v) is 1.92. The molecule has 0 atom stereocenters. The first kappa shape index (κ1) is 20.1. The van der Waals surface area contributed by atoms with Gasteiger partial charge < -0.3 is 15.6 Å². The predicted molar refractivity (Wildman–Crippen MR) is 91.3 cm³/mol. The molecule has 1 aromatic heterocycles. The van der Waals surface area contributed by atoms with Crippen LogP contribution in [0.2, 0.25) is 0 Å². The second-order valence-corrected chi connectivity index (χ2v) is 6.11.